The van der Waals surface area contributed by atoms with Gasteiger partial charge in [0.05, 0.1) is 6.54 Å². The van der Waals surface area contributed by atoms with E-state index in [2.05, 4.69) is 10.4 Å². The number of carbonyl (C=O) groups excluding carboxylic acids is 1. The maximum atomic E-state index is 13.9. The number of carbonyl (C=O) groups is 1. The number of nitrogens with zero attached hydrogens (tertiary/aromatic N) is 2. The molecule has 9 heteroatoms. The third kappa shape index (κ3) is 5.61. The first-order valence-electron chi connectivity index (χ1n) is 10.3. The maximum Gasteiger partial charge on any atom is 0.258 e. The topological polar surface area (TPSA) is 56.2 Å². The summed E-state index contributed by atoms with van der Waals surface area (Å²) in [7, 11) is 0. The summed E-state index contributed by atoms with van der Waals surface area (Å²) in [5.74, 6) is -3.18. The second-order valence-corrected chi connectivity index (χ2v) is 7.48. The van der Waals surface area contributed by atoms with E-state index in [9.17, 15) is 22.4 Å². The Balaban J connectivity index is 1.56. The highest BCUT2D eigenvalue weighted by Gasteiger charge is 2.20. The number of hydrogen-bond acceptors (Lipinski definition) is 3. The lowest BCUT2D eigenvalue weighted by molar-refractivity contribution is 0.0945. The molecule has 5 nitrogen and oxygen atoms in total. The van der Waals surface area contributed by atoms with Gasteiger partial charge in [-0.3, -0.25) is 9.48 Å². The van der Waals surface area contributed by atoms with Gasteiger partial charge in [-0.15, -0.1) is 5.10 Å². The van der Waals surface area contributed by atoms with Gasteiger partial charge in [0.25, 0.3) is 5.91 Å². The van der Waals surface area contributed by atoms with Gasteiger partial charge in [0.2, 0.25) is 5.88 Å². The minimum atomic E-state index is -0.787. The smallest absolute Gasteiger partial charge is 0.258 e. The van der Waals surface area contributed by atoms with Crippen molar-refractivity contribution in [3.8, 4) is 5.88 Å². The average Bonchev–Trinajstić information content (AvgIpc) is 3.20. The molecule has 0 atom stereocenters. The van der Waals surface area contributed by atoms with E-state index in [4.69, 9.17) is 4.74 Å². The molecule has 34 heavy (non-hydrogen) atoms. The Kier molecular flexibility index (Phi) is 6.91. The van der Waals surface area contributed by atoms with Crippen LogP contribution in [0.3, 0.4) is 0 Å². The zero-order valence-electron chi connectivity index (χ0n) is 17.8. The van der Waals surface area contributed by atoms with Gasteiger partial charge < -0.3 is 10.1 Å². The van der Waals surface area contributed by atoms with Crippen LogP contribution in [0.15, 0.2) is 72.9 Å². The van der Waals surface area contributed by atoms with Crippen LogP contribution in [0.1, 0.15) is 27.0 Å². The predicted octanol–water partition coefficient (Wildman–Crippen LogP) is 5.00. The fourth-order valence-electron chi connectivity index (χ4n) is 3.31. The summed E-state index contributed by atoms with van der Waals surface area (Å²) in [6.45, 7) is -0.323. The van der Waals surface area contributed by atoms with Crippen molar-refractivity contribution < 1.29 is 27.1 Å². The standard InChI is InChI=1S/C25H19F4N3O2/c26-18-6-1-4-16(10-18)13-32-14-21(24(33)30-12-20-22(28)8-3-9-23(20)29)25(31-32)34-15-17-5-2-7-19(27)11-17/h1-11,14H,12-13,15H2,(H,30,33). The summed E-state index contributed by atoms with van der Waals surface area (Å²) in [6, 6.07) is 15.0. The van der Waals surface area contributed by atoms with E-state index < -0.39 is 35.7 Å². The Morgan fingerprint density at radius 3 is 2.18 bits per heavy atom. The predicted molar refractivity (Wildman–Crippen MR) is 116 cm³/mol. The van der Waals surface area contributed by atoms with Crippen molar-refractivity contribution >= 4 is 5.91 Å². The third-order valence-electron chi connectivity index (χ3n) is 4.96. The number of rotatable bonds is 8. The minimum Gasteiger partial charge on any atom is -0.471 e. The molecule has 4 rings (SSSR count). The molecule has 0 unspecified atom stereocenters. The fraction of sp³-hybridized carbons (Fsp3) is 0.120. The van der Waals surface area contributed by atoms with Crippen molar-refractivity contribution in [2.75, 3.05) is 0 Å². The Bertz CT molecular complexity index is 1300. The number of ether oxygens (including phenoxy) is 1. The third-order valence-corrected chi connectivity index (χ3v) is 4.96. The number of aromatic nitrogens is 2. The molecule has 1 amide bonds. The summed E-state index contributed by atoms with van der Waals surface area (Å²) in [6.07, 6.45) is 1.39. The van der Waals surface area contributed by atoms with E-state index in [0.717, 1.165) is 12.1 Å². The molecule has 0 radical (unpaired) electrons. The number of nitrogens with one attached hydrogen (secondary N) is 1. The fourth-order valence-corrected chi connectivity index (χ4v) is 3.31. The lowest BCUT2D eigenvalue weighted by Gasteiger charge is -2.08. The van der Waals surface area contributed by atoms with Gasteiger partial charge in [-0.05, 0) is 47.5 Å². The van der Waals surface area contributed by atoms with Gasteiger partial charge in [-0.25, -0.2) is 17.6 Å². The van der Waals surface area contributed by atoms with Gasteiger partial charge in [0.1, 0.15) is 35.4 Å². The maximum absolute atomic E-state index is 13.9. The van der Waals surface area contributed by atoms with Crippen molar-refractivity contribution in [1.29, 1.82) is 0 Å². The van der Waals surface area contributed by atoms with E-state index >= 15 is 0 Å². The molecule has 0 saturated carbocycles. The van der Waals surface area contributed by atoms with Crippen molar-refractivity contribution in [3.05, 3.63) is 118 Å². The molecule has 1 aromatic heterocycles. The van der Waals surface area contributed by atoms with Crippen molar-refractivity contribution in [3.63, 3.8) is 0 Å². The van der Waals surface area contributed by atoms with Crippen molar-refractivity contribution in [2.45, 2.75) is 19.7 Å². The van der Waals surface area contributed by atoms with Crippen LogP contribution in [-0.4, -0.2) is 15.7 Å². The zero-order valence-corrected chi connectivity index (χ0v) is 17.8. The van der Waals surface area contributed by atoms with Crippen LogP contribution >= 0.6 is 0 Å². The second kappa shape index (κ2) is 10.2. The summed E-state index contributed by atoms with van der Waals surface area (Å²) in [4.78, 5) is 12.8. The zero-order chi connectivity index (χ0) is 24.1. The lowest BCUT2D eigenvalue weighted by atomic mass is 10.2. The number of halogens is 4. The molecule has 174 valence electrons. The summed E-state index contributed by atoms with van der Waals surface area (Å²) in [5.41, 5.74) is 0.828. The highest BCUT2D eigenvalue weighted by molar-refractivity contribution is 5.96. The quantitative estimate of drug-likeness (QED) is 0.370. The average molecular weight is 469 g/mol. The second-order valence-electron chi connectivity index (χ2n) is 7.48. The Morgan fingerprint density at radius 1 is 0.882 bits per heavy atom. The van der Waals surface area contributed by atoms with Crippen molar-refractivity contribution in [1.82, 2.24) is 15.1 Å². The monoisotopic (exact) mass is 469 g/mol. The lowest BCUT2D eigenvalue weighted by Crippen LogP contribution is -2.24. The first kappa shape index (κ1) is 23.0. The molecule has 1 N–H and O–H groups in total. The van der Waals surface area contributed by atoms with Gasteiger partial charge in [-0.1, -0.05) is 30.3 Å². The largest absolute Gasteiger partial charge is 0.471 e. The van der Waals surface area contributed by atoms with E-state index in [-0.39, 0.29) is 30.2 Å². The Hall–Kier alpha value is -4.14. The SMILES string of the molecule is O=C(NCc1c(F)cccc1F)c1cn(Cc2cccc(F)c2)nc1OCc1cccc(F)c1. The van der Waals surface area contributed by atoms with Gasteiger partial charge >= 0.3 is 0 Å². The molecule has 0 spiro atoms. The highest BCUT2D eigenvalue weighted by atomic mass is 19.1. The molecule has 0 fully saturated rings. The summed E-state index contributed by atoms with van der Waals surface area (Å²) >= 11 is 0. The van der Waals surface area contributed by atoms with E-state index in [1.165, 1.54) is 47.3 Å². The van der Waals surface area contributed by atoms with Crippen LogP contribution in [0.25, 0.3) is 0 Å². The molecule has 0 aliphatic heterocycles. The molecular weight excluding hydrogens is 450 g/mol. The summed E-state index contributed by atoms with van der Waals surface area (Å²) in [5, 5.41) is 6.71. The number of benzene rings is 3. The molecule has 1 heterocycles. The highest BCUT2D eigenvalue weighted by Crippen LogP contribution is 2.20. The Morgan fingerprint density at radius 2 is 1.50 bits per heavy atom. The normalized spacial score (nSPS) is 10.8. The van der Waals surface area contributed by atoms with E-state index in [1.807, 2.05) is 0 Å². The first-order chi connectivity index (χ1) is 16.4. The van der Waals surface area contributed by atoms with Gasteiger partial charge in [-0.2, -0.15) is 0 Å². The molecular formula is C25H19F4N3O2. The Labute approximate surface area is 192 Å². The van der Waals surface area contributed by atoms with E-state index in [0.29, 0.717) is 11.1 Å². The van der Waals surface area contributed by atoms with Crippen LogP contribution in [-0.2, 0) is 19.7 Å². The van der Waals surface area contributed by atoms with Crippen molar-refractivity contribution in [2.24, 2.45) is 0 Å². The number of hydrogen-bond donors (Lipinski definition) is 1. The van der Waals surface area contributed by atoms with Crippen LogP contribution in [0.5, 0.6) is 5.88 Å². The summed E-state index contributed by atoms with van der Waals surface area (Å²) < 4.78 is 61.9. The molecule has 0 bridgehead atoms. The first-order valence-corrected chi connectivity index (χ1v) is 10.3. The van der Waals surface area contributed by atoms with Crippen LogP contribution in [0.4, 0.5) is 17.6 Å². The molecule has 4 aromatic rings. The van der Waals surface area contributed by atoms with Crippen LogP contribution in [0.2, 0.25) is 0 Å². The number of amides is 1. The van der Waals surface area contributed by atoms with Gasteiger partial charge in [0.15, 0.2) is 0 Å². The van der Waals surface area contributed by atoms with Crippen LogP contribution in [0, 0.1) is 23.3 Å². The van der Waals surface area contributed by atoms with Crippen LogP contribution < -0.4 is 10.1 Å². The van der Waals surface area contributed by atoms with E-state index in [1.54, 1.807) is 18.2 Å². The molecule has 0 aliphatic carbocycles. The molecule has 0 aliphatic rings. The van der Waals surface area contributed by atoms with Gasteiger partial charge in [0, 0.05) is 18.3 Å². The molecule has 3 aromatic carbocycles. The molecule has 0 saturated heterocycles. The minimum absolute atomic E-state index is 0.00422.